The van der Waals surface area contributed by atoms with Crippen LogP contribution in [0, 0.1) is 11.3 Å². The molecule has 2 aliphatic rings. The molecule has 106 valence electrons. The van der Waals surface area contributed by atoms with Crippen molar-refractivity contribution in [3.05, 3.63) is 0 Å². The van der Waals surface area contributed by atoms with Gasteiger partial charge in [0.05, 0.1) is 6.10 Å². The quantitative estimate of drug-likeness (QED) is 0.810. The lowest BCUT2D eigenvalue weighted by atomic mass is 9.87. The van der Waals surface area contributed by atoms with Crippen LogP contribution in [-0.4, -0.2) is 60.8 Å². The van der Waals surface area contributed by atoms with Gasteiger partial charge in [-0.15, -0.1) is 0 Å². The standard InChI is InChI=1S/C15H30N2O/c1-15(2)7-6-13(14(15)18)12-16(3)10-11-17-8-4-5-9-17/h13-14,18H,4-12H2,1-3H3. The summed E-state index contributed by atoms with van der Waals surface area (Å²) in [5.74, 6) is 0.476. The minimum atomic E-state index is -0.119. The van der Waals surface area contributed by atoms with Crippen molar-refractivity contribution < 1.29 is 5.11 Å². The molecule has 0 bridgehead atoms. The van der Waals surface area contributed by atoms with Crippen LogP contribution in [0.15, 0.2) is 0 Å². The summed E-state index contributed by atoms with van der Waals surface area (Å²) in [5, 5.41) is 10.3. The van der Waals surface area contributed by atoms with Crippen molar-refractivity contribution in [2.45, 2.75) is 45.6 Å². The Labute approximate surface area is 112 Å². The van der Waals surface area contributed by atoms with Gasteiger partial charge in [-0.1, -0.05) is 13.8 Å². The van der Waals surface area contributed by atoms with Gasteiger partial charge >= 0.3 is 0 Å². The molecular formula is C15H30N2O. The van der Waals surface area contributed by atoms with E-state index in [1.165, 1.54) is 45.3 Å². The molecule has 0 radical (unpaired) electrons. The predicted octanol–water partition coefficient (Wildman–Crippen LogP) is 1.81. The number of likely N-dealkylation sites (N-methyl/N-ethyl adjacent to an activating group) is 1. The largest absolute Gasteiger partial charge is 0.392 e. The second kappa shape index (κ2) is 5.89. The molecule has 1 saturated heterocycles. The molecular weight excluding hydrogens is 224 g/mol. The van der Waals surface area contributed by atoms with Gasteiger partial charge < -0.3 is 14.9 Å². The average Bonchev–Trinajstić information content (AvgIpc) is 2.91. The molecule has 1 saturated carbocycles. The van der Waals surface area contributed by atoms with Crippen LogP contribution >= 0.6 is 0 Å². The Morgan fingerprint density at radius 1 is 1.28 bits per heavy atom. The van der Waals surface area contributed by atoms with E-state index in [1.807, 2.05) is 0 Å². The Kier molecular flexibility index (Phi) is 4.68. The van der Waals surface area contributed by atoms with Crippen LogP contribution in [0.3, 0.4) is 0 Å². The summed E-state index contributed by atoms with van der Waals surface area (Å²) in [7, 11) is 2.20. The molecule has 3 nitrogen and oxygen atoms in total. The monoisotopic (exact) mass is 254 g/mol. The Morgan fingerprint density at radius 2 is 1.94 bits per heavy atom. The van der Waals surface area contributed by atoms with Gasteiger partial charge in [-0.05, 0) is 57.2 Å². The van der Waals surface area contributed by atoms with Crippen molar-refractivity contribution in [1.29, 1.82) is 0 Å². The second-order valence-corrected chi connectivity index (χ2v) is 7.04. The molecule has 18 heavy (non-hydrogen) atoms. The maximum atomic E-state index is 10.3. The SMILES string of the molecule is CN(CCN1CCCC1)CC1CCC(C)(C)C1O. The van der Waals surface area contributed by atoms with Gasteiger partial charge in [0.1, 0.15) is 0 Å². The van der Waals surface area contributed by atoms with Crippen molar-refractivity contribution in [3.63, 3.8) is 0 Å². The van der Waals surface area contributed by atoms with Crippen LogP contribution in [0.1, 0.15) is 39.5 Å². The summed E-state index contributed by atoms with van der Waals surface area (Å²) in [6, 6.07) is 0. The first-order valence-corrected chi connectivity index (χ1v) is 7.58. The number of hydrogen-bond donors (Lipinski definition) is 1. The number of nitrogens with zero attached hydrogens (tertiary/aromatic N) is 2. The highest BCUT2D eigenvalue weighted by atomic mass is 16.3. The first-order valence-electron chi connectivity index (χ1n) is 7.58. The molecule has 0 spiro atoms. The molecule has 0 aromatic carbocycles. The maximum Gasteiger partial charge on any atom is 0.0631 e. The van der Waals surface area contributed by atoms with E-state index in [-0.39, 0.29) is 11.5 Å². The zero-order valence-corrected chi connectivity index (χ0v) is 12.4. The van der Waals surface area contributed by atoms with Crippen molar-refractivity contribution in [1.82, 2.24) is 9.80 Å². The van der Waals surface area contributed by atoms with E-state index >= 15 is 0 Å². The van der Waals surface area contributed by atoms with E-state index in [0.717, 1.165) is 13.1 Å². The molecule has 2 rings (SSSR count). The first kappa shape index (κ1) is 14.3. The highest BCUT2D eigenvalue weighted by molar-refractivity contribution is 4.92. The molecule has 0 amide bonds. The van der Waals surface area contributed by atoms with E-state index in [1.54, 1.807) is 0 Å². The smallest absolute Gasteiger partial charge is 0.0631 e. The lowest BCUT2D eigenvalue weighted by molar-refractivity contribution is 0.0349. The summed E-state index contributed by atoms with van der Waals surface area (Å²) in [4.78, 5) is 4.97. The first-order chi connectivity index (χ1) is 8.49. The summed E-state index contributed by atoms with van der Waals surface area (Å²) in [5.41, 5.74) is 0.125. The molecule has 3 heteroatoms. The fraction of sp³-hybridized carbons (Fsp3) is 1.00. The Hall–Kier alpha value is -0.120. The second-order valence-electron chi connectivity index (χ2n) is 7.04. The molecule has 1 N–H and O–H groups in total. The maximum absolute atomic E-state index is 10.3. The third-order valence-corrected chi connectivity index (χ3v) is 4.95. The molecule has 0 aromatic heterocycles. The van der Waals surface area contributed by atoms with Gasteiger partial charge in [-0.3, -0.25) is 0 Å². The minimum absolute atomic E-state index is 0.119. The number of aliphatic hydroxyl groups excluding tert-OH is 1. The average molecular weight is 254 g/mol. The predicted molar refractivity (Wildman–Crippen MR) is 75.7 cm³/mol. The van der Waals surface area contributed by atoms with E-state index in [9.17, 15) is 5.11 Å². The van der Waals surface area contributed by atoms with E-state index < -0.39 is 0 Å². The van der Waals surface area contributed by atoms with Crippen molar-refractivity contribution in [2.24, 2.45) is 11.3 Å². The Morgan fingerprint density at radius 3 is 2.50 bits per heavy atom. The van der Waals surface area contributed by atoms with Gasteiger partial charge in [-0.25, -0.2) is 0 Å². The number of likely N-dealkylation sites (tertiary alicyclic amines) is 1. The zero-order chi connectivity index (χ0) is 13.2. The van der Waals surface area contributed by atoms with Crippen molar-refractivity contribution in [2.75, 3.05) is 39.8 Å². The Balaban J connectivity index is 1.69. The lowest BCUT2D eigenvalue weighted by Gasteiger charge is -2.29. The van der Waals surface area contributed by atoms with Crippen LogP contribution in [0.2, 0.25) is 0 Å². The topological polar surface area (TPSA) is 26.7 Å². The molecule has 2 atom stereocenters. The summed E-state index contributed by atoms with van der Waals surface area (Å²) in [6.07, 6.45) is 4.98. The number of rotatable bonds is 5. The molecule has 0 aromatic rings. The highest BCUT2D eigenvalue weighted by Crippen LogP contribution is 2.41. The normalized spacial score (nSPS) is 32.5. The molecule has 1 aliphatic heterocycles. The lowest BCUT2D eigenvalue weighted by Crippen LogP contribution is -2.38. The van der Waals surface area contributed by atoms with E-state index in [2.05, 4.69) is 30.7 Å². The van der Waals surface area contributed by atoms with Crippen LogP contribution in [-0.2, 0) is 0 Å². The van der Waals surface area contributed by atoms with Crippen LogP contribution in [0.4, 0.5) is 0 Å². The molecule has 2 fully saturated rings. The molecule has 1 aliphatic carbocycles. The van der Waals surface area contributed by atoms with Gasteiger partial charge in [0.15, 0.2) is 0 Å². The van der Waals surface area contributed by atoms with Gasteiger partial charge in [-0.2, -0.15) is 0 Å². The minimum Gasteiger partial charge on any atom is -0.392 e. The highest BCUT2D eigenvalue weighted by Gasteiger charge is 2.40. The third kappa shape index (κ3) is 3.46. The Bertz CT molecular complexity index is 261. The number of hydrogen-bond acceptors (Lipinski definition) is 3. The summed E-state index contributed by atoms with van der Waals surface area (Å²) in [6.45, 7) is 10.4. The molecule has 2 unspecified atom stereocenters. The third-order valence-electron chi connectivity index (χ3n) is 4.95. The number of aliphatic hydroxyl groups is 1. The summed E-state index contributed by atoms with van der Waals surface area (Å²) < 4.78 is 0. The van der Waals surface area contributed by atoms with Crippen molar-refractivity contribution >= 4 is 0 Å². The van der Waals surface area contributed by atoms with Crippen molar-refractivity contribution in [3.8, 4) is 0 Å². The van der Waals surface area contributed by atoms with Gasteiger partial charge in [0.2, 0.25) is 0 Å². The van der Waals surface area contributed by atoms with Gasteiger partial charge in [0, 0.05) is 19.6 Å². The fourth-order valence-corrected chi connectivity index (χ4v) is 3.50. The van der Waals surface area contributed by atoms with Crippen LogP contribution in [0.25, 0.3) is 0 Å². The fourth-order valence-electron chi connectivity index (χ4n) is 3.50. The van der Waals surface area contributed by atoms with Gasteiger partial charge in [0.25, 0.3) is 0 Å². The molecule has 1 heterocycles. The van der Waals surface area contributed by atoms with E-state index in [0.29, 0.717) is 5.92 Å². The van der Waals surface area contributed by atoms with E-state index in [4.69, 9.17) is 0 Å². The van der Waals surface area contributed by atoms with Crippen LogP contribution in [0.5, 0.6) is 0 Å². The summed E-state index contributed by atoms with van der Waals surface area (Å²) >= 11 is 0. The zero-order valence-electron chi connectivity index (χ0n) is 12.4. The van der Waals surface area contributed by atoms with Crippen LogP contribution < -0.4 is 0 Å².